The zero-order chi connectivity index (χ0) is 15.2. The van der Waals surface area contributed by atoms with E-state index in [1.807, 2.05) is 48.5 Å². The van der Waals surface area contributed by atoms with Crippen LogP contribution in [0.2, 0.25) is 0 Å². The summed E-state index contributed by atoms with van der Waals surface area (Å²) in [6.45, 7) is 2.98. The van der Waals surface area contributed by atoms with Crippen molar-refractivity contribution in [3.8, 4) is 0 Å². The van der Waals surface area contributed by atoms with E-state index in [-0.39, 0.29) is 41.5 Å². The lowest BCUT2D eigenvalue weighted by molar-refractivity contribution is -0.115. The van der Waals surface area contributed by atoms with Gasteiger partial charge in [0.1, 0.15) is 0 Å². The third kappa shape index (κ3) is 9.30. The van der Waals surface area contributed by atoms with Gasteiger partial charge in [-0.25, -0.2) is 0 Å². The first-order valence-electron chi connectivity index (χ1n) is 6.76. The zero-order valence-electron chi connectivity index (χ0n) is 12.1. The molecule has 0 heterocycles. The smallest absolute Gasteiger partial charge is 0.221 e. The SMILES string of the molecule is C.C.C.C.CC(=O)Nc1ccc(Cc2ccc(NC(C)=O)cc2)cc1. The fourth-order valence-electron chi connectivity index (χ4n) is 2.05. The normalized spacial score (nSPS) is 8.40. The van der Waals surface area contributed by atoms with Crippen LogP contribution in [0.1, 0.15) is 54.7 Å². The van der Waals surface area contributed by atoms with Gasteiger partial charge in [0.05, 0.1) is 0 Å². The predicted octanol–water partition coefficient (Wildman–Crippen LogP) is 5.74. The number of amides is 2. The minimum Gasteiger partial charge on any atom is -0.326 e. The van der Waals surface area contributed by atoms with E-state index in [4.69, 9.17) is 0 Å². The molecule has 0 spiro atoms. The highest BCUT2D eigenvalue weighted by Crippen LogP contribution is 2.16. The molecule has 0 saturated heterocycles. The predicted molar refractivity (Wildman–Crippen MR) is 111 cm³/mol. The summed E-state index contributed by atoms with van der Waals surface area (Å²) in [4.78, 5) is 21.9. The van der Waals surface area contributed by atoms with Gasteiger partial charge in [-0.3, -0.25) is 9.59 Å². The molecule has 0 aliphatic carbocycles. The molecular formula is C21H34N2O2. The van der Waals surface area contributed by atoms with Gasteiger partial charge in [0, 0.05) is 25.2 Å². The zero-order valence-corrected chi connectivity index (χ0v) is 12.1. The molecule has 0 bridgehead atoms. The van der Waals surface area contributed by atoms with Crippen LogP contribution in [0.15, 0.2) is 48.5 Å². The molecule has 0 unspecified atom stereocenters. The Morgan fingerprint density at radius 1 is 0.640 bits per heavy atom. The van der Waals surface area contributed by atoms with Crippen molar-refractivity contribution < 1.29 is 9.59 Å². The molecule has 2 N–H and O–H groups in total. The van der Waals surface area contributed by atoms with E-state index in [2.05, 4.69) is 10.6 Å². The van der Waals surface area contributed by atoms with Crippen LogP contribution < -0.4 is 10.6 Å². The number of hydrogen-bond acceptors (Lipinski definition) is 2. The lowest BCUT2D eigenvalue weighted by Gasteiger charge is -2.06. The first kappa shape index (κ1) is 27.2. The standard InChI is InChI=1S/C17H18N2O2.4CH4/c1-12(20)18-16-7-3-14(4-8-16)11-15-5-9-17(10-6-15)19-13(2)21;;;;/h3-10H,11H2,1-2H3,(H,18,20)(H,19,21);4*1H4. The number of anilines is 2. The third-order valence-corrected chi connectivity index (χ3v) is 2.96. The molecule has 25 heavy (non-hydrogen) atoms. The van der Waals surface area contributed by atoms with Crippen molar-refractivity contribution in [1.82, 2.24) is 0 Å². The number of carbonyl (C=O) groups is 2. The van der Waals surface area contributed by atoms with Crippen LogP contribution in [0.4, 0.5) is 11.4 Å². The second-order valence-corrected chi connectivity index (χ2v) is 4.93. The highest BCUT2D eigenvalue weighted by molar-refractivity contribution is 5.89. The fraction of sp³-hybridized carbons (Fsp3) is 0.333. The van der Waals surface area contributed by atoms with E-state index in [1.165, 1.54) is 13.8 Å². The van der Waals surface area contributed by atoms with Crippen LogP contribution in [-0.4, -0.2) is 11.8 Å². The quantitative estimate of drug-likeness (QED) is 0.741. The summed E-state index contributed by atoms with van der Waals surface area (Å²) < 4.78 is 0. The highest BCUT2D eigenvalue weighted by atomic mass is 16.2. The maximum absolute atomic E-state index is 11.0. The van der Waals surface area contributed by atoms with Gasteiger partial charge in [-0.2, -0.15) is 0 Å². The van der Waals surface area contributed by atoms with Crippen LogP contribution in [0, 0.1) is 0 Å². The van der Waals surface area contributed by atoms with Crippen molar-refractivity contribution in [1.29, 1.82) is 0 Å². The third-order valence-electron chi connectivity index (χ3n) is 2.96. The molecule has 0 atom stereocenters. The van der Waals surface area contributed by atoms with Crippen molar-refractivity contribution >= 4 is 23.2 Å². The average molecular weight is 347 g/mol. The molecule has 140 valence electrons. The topological polar surface area (TPSA) is 58.2 Å². The number of hydrogen-bond donors (Lipinski definition) is 2. The first-order chi connectivity index (χ1) is 10.0. The van der Waals surface area contributed by atoms with Crippen molar-refractivity contribution in [3.05, 3.63) is 59.7 Å². The maximum Gasteiger partial charge on any atom is 0.221 e. The van der Waals surface area contributed by atoms with Crippen LogP contribution in [0.25, 0.3) is 0 Å². The van der Waals surface area contributed by atoms with E-state index in [1.54, 1.807) is 0 Å². The van der Waals surface area contributed by atoms with Gasteiger partial charge in [0.25, 0.3) is 0 Å². The summed E-state index contributed by atoms with van der Waals surface area (Å²) in [6.07, 6.45) is 0.806. The number of rotatable bonds is 4. The van der Waals surface area contributed by atoms with Crippen molar-refractivity contribution in [2.75, 3.05) is 10.6 Å². The minimum absolute atomic E-state index is 0. The molecule has 2 aromatic carbocycles. The lowest BCUT2D eigenvalue weighted by Crippen LogP contribution is -2.05. The van der Waals surface area contributed by atoms with Gasteiger partial charge in [0.15, 0.2) is 0 Å². The van der Waals surface area contributed by atoms with E-state index in [0.717, 1.165) is 28.9 Å². The van der Waals surface area contributed by atoms with Crippen molar-refractivity contribution in [2.45, 2.75) is 50.0 Å². The molecular weight excluding hydrogens is 312 g/mol. The van der Waals surface area contributed by atoms with Gasteiger partial charge in [-0.1, -0.05) is 54.0 Å². The van der Waals surface area contributed by atoms with Gasteiger partial charge in [-0.15, -0.1) is 0 Å². The lowest BCUT2D eigenvalue weighted by atomic mass is 10.0. The molecule has 0 radical (unpaired) electrons. The summed E-state index contributed by atoms with van der Waals surface area (Å²) in [7, 11) is 0. The summed E-state index contributed by atoms with van der Waals surface area (Å²) in [6, 6.07) is 15.5. The monoisotopic (exact) mass is 346 g/mol. The Morgan fingerprint density at radius 2 is 0.920 bits per heavy atom. The largest absolute Gasteiger partial charge is 0.326 e. The molecule has 0 saturated carbocycles. The van der Waals surface area contributed by atoms with Crippen LogP contribution in [0.3, 0.4) is 0 Å². The second-order valence-electron chi connectivity index (χ2n) is 4.93. The molecule has 0 aromatic heterocycles. The van der Waals surface area contributed by atoms with E-state index in [0.29, 0.717) is 0 Å². The Bertz CT molecular complexity index is 574. The molecule has 0 fully saturated rings. The summed E-state index contributed by atoms with van der Waals surface area (Å²) >= 11 is 0. The Kier molecular flexibility index (Phi) is 13.9. The number of benzene rings is 2. The summed E-state index contributed by atoms with van der Waals surface area (Å²) in [5.41, 5.74) is 3.92. The van der Waals surface area contributed by atoms with E-state index >= 15 is 0 Å². The van der Waals surface area contributed by atoms with Gasteiger partial charge in [0.2, 0.25) is 11.8 Å². The molecule has 2 aromatic rings. The summed E-state index contributed by atoms with van der Waals surface area (Å²) in [5, 5.41) is 5.48. The molecule has 2 rings (SSSR count). The fourth-order valence-corrected chi connectivity index (χ4v) is 2.05. The van der Waals surface area contributed by atoms with Crippen LogP contribution in [0.5, 0.6) is 0 Å². The minimum atomic E-state index is -0.0729. The van der Waals surface area contributed by atoms with Crippen molar-refractivity contribution in [3.63, 3.8) is 0 Å². The Balaban J connectivity index is -0.00000121. The molecule has 0 aliphatic heterocycles. The van der Waals surface area contributed by atoms with Crippen LogP contribution >= 0.6 is 0 Å². The Hall–Kier alpha value is -2.62. The molecule has 2 amide bonds. The number of carbonyl (C=O) groups excluding carboxylic acids is 2. The van der Waals surface area contributed by atoms with Gasteiger partial charge >= 0.3 is 0 Å². The van der Waals surface area contributed by atoms with Crippen LogP contribution in [-0.2, 0) is 16.0 Å². The highest BCUT2D eigenvalue weighted by Gasteiger charge is 2.00. The van der Waals surface area contributed by atoms with E-state index < -0.39 is 0 Å². The molecule has 4 nitrogen and oxygen atoms in total. The van der Waals surface area contributed by atoms with Crippen molar-refractivity contribution in [2.24, 2.45) is 0 Å². The number of nitrogens with one attached hydrogen (secondary N) is 2. The molecule has 4 heteroatoms. The maximum atomic E-state index is 11.0. The van der Waals surface area contributed by atoms with E-state index in [9.17, 15) is 9.59 Å². The van der Waals surface area contributed by atoms with Gasteiger partial charge < -0.3 is 10.6 Å². The Labute approximate surface area is 153 Å². The second kappa shape index (κ2) is 12.8. The average Bonchev–Trinajstić information content (AvgIpc) is 2.42. The van der Waals surface area contributed by atoms with Gasteiger partial charge in [-0.05, 0) is 41.8 Å². The first-order valence-corrected chi connectivity index (χ1v) is 6.76. The molecule has 0 aliphatic rings. The summed E-state index contributed by atoms with van der Waals surface area (Å²) in [5.74, 6) is -0.146. The Morgan fingerprint density at radius 3 is 1.16 bits per heavy atom.